The minimum absolute atomic E-state index is 0.0940. The van der Waals surface area contributed by atoms with Gasteiger partial charge in [-0.25, -0.2) is 0 Å². The molecule has 0 aliphatic heterocycles. The maximum absolute atomic E-state index is 11.1. The summed E-state index contributed by atoms with van der Waals surface area (Å²) in [7, 11) is 0. The number of H-pyrrole nitrogens is 1. The zero-order chi connectivity index (χ0) is 17.9. The first kappa shape index (κ1) is 17.7. The summed E-state index contributed by atoms with van der Waals surface area (Å²) >= 11 is 1.82. The number of thioether (sulfide) groups is 1. The number of fused-ring (bicyclic) bond motifs is 1. The zero-order valence-corrected chi connectivity index (χ0v) is 15.8. The van der Waals surface area contributed by atoms with E-state index in [-0.39, 0.29) is 4.75 Å². The van der Waals surface area contributed by atoms with Crippen molar-refractivity contribution in [2.75, 3.05) is 0 Å². The number of hydrogen-bond acceptors (Lipinski definition) is 3. The highest BCUT2D eigenvalue weighted by molar-refractivity contribution is 8.00. The van der Waals surface area contributed by atoms with Crippen molar-refractivity contribution in [3.63, 3.8) is 0 Å². The van der Waals surface area contributed by atoms with E-state index in [0.717, 1.165) is 36.0 Å². The van der Waals surface area contributed by atoms with E-state index in [1.807, 2.05) is 30.1 Å². The summed E-state index contributed by atoms with van der Waals surface area (Å²) in [6, 6.07) is 12.6. The average molecular weight is 353 g/mol. The van der Waals surface area contributed by atoms with Crippen LogP contribution in [0.25, 0.3) is 10.9 Å². The van der Waals surface area contributed by atoms with Crippen molar-refractivity contribution in [3.8, 4) is 0 Å². The highest BCUT2D eigenvalue weighted by Gasteiger charge is 2.19. The number of nitrogens with zero attached hydrogens (tertiary/aromatic N) is 1. The van der Waals surface area contributed by atoms with E-state index >= 15 is 0 Å². The number of aryl methyl sites for hydroxylation is 2. The Morgan fingerprint density at radius 2 is 2.00 bits per heavy atom. The number of benzene rings is 1. The van der Waals surface area contributed by atoms with E-state index in [9.17, 15) is 4.79 Å². The van der Waals surface area contributed by atoms with E-state index in [4.69, 9.17) is 0 Å². The average Bonchev–Trinajstić information content (AvgIpc) is 2.90. The first-order valence-electron chi connectivity index (χ1n) is 8.62. The van der Waals surface area contributed by atoms with Gasteiger partial charge >= 0.3 is 0 Å². The lowest BCUT2D eigenvalue weighted by atomic mass is 10.1. The quantitative estimate of drug-likeness (QED) is 0.503. The van der Waals surface area contributed by atoms with E-state index in [1.165, 1.54) is 15.8 Å². The van der Waals surface area contributed by atoms with Gasteiger partial charge in [0, 0.05) is 44.6 Å². The molecular formula is C21H24N2OS. The maximum atomic E-state index is 11.1. The highest BCUT2D eigenvalue weighted by Crippen LogP contribution is 2.39. The van der Waals surface area contributed by atoms with Crippen LogP contribution in [0.5, 0.6) is 0 Å². The lowest BCUT2D eigenvalue weighted by molar-refractivity contribution is -0.107. The lowest BCUT2D eigenvalue weighted by Crippen LogP contribution is -2.07. The third-order valence-corrected chi connectivity index (χ3v) is 5.26. The highest BCUT2D eigenvalue weighted by atomic mass is 32.2. The lowest BCUT2D eigenvalue weighted by Gasteiger charge is -2.18. The van der Waals surface area contributed by atoms with Gasteiger partial charge in [0.1, 0.15) is 6.29 Å². The second-order valence-corrected chi connectivity index (χ2v) is 9.06. The molecule has 0 unspecified atom stereocenters. The van der Waals surface area contributed by atoms with Crippen LogP contribution in [0, 0.1) is 0 Å². The number of pyridine rings is 1. The SMILES string of the molecule is CC(C)(C)Sc1c(CC=O)[nH]c2ccc(CCc3ccccn3)cc12. The monoisotopic (exact) mass is 352 g/mol. The van der Waals surface area contributed by atoms with Crippen molar-refractivity contribution >= 4 is 29.0 Å². The third kappa shape index (κ3) is 4.51. The third-order valence-electron chi connectivity index (χ3n) is 3.98. The summed E-state index contributed by atoms with van der Waals surface area (Å²) in [5.74, 6) is 0. The van der Waals surface area contributed by atoms with E-state index in [1.54, 1.807) is 0 Å². The van der Waals surface area contributed by atoms with E-state index in [2.05, 4.69) is 55.0 Å². The topological polar surface area (TPSA) is 45.8 Å². The molecule has 3 rings (SSSR count). The molecule has 0 fully saturated rings. The summed E-state index contributed by atoms with van der Waals surface area (Å²) in [6.07, 6.45) is 5.13. The molecule has 0 aliphatic carbocycles. The Balaban J connectivity index is 1.91. The molecular weight excluding hydrogens is 328 g/mol. The van der Waals surface area contributed by atoms with Crippen molar-refractivity contribution in [3.05, 3.63) is 59.5 Å². The molecule has 4 heteroatoms. The molecule has 0 bridgehead atoms. The normalized spacial score (nSPS) is 11.8. The molecule has 3 aromatic rings. The number of aromatic amines is 1. The Morgan fingerprint density at radius 3 is 2.68 bits per heavy atom. The number of aromatic nitrogens is 2. The van der Waals surface area contributed by atoms with Gasteiger partial charge in [0.2, 0.25) is 0 Å². The number of nitrogens with one attached hydrogen (secondary N) is 1. The smallest absolute Gasteiger partial charge is 0.125 e. The van der Waals surface area contributed by atoms with Gasteiger partial charge in [-0.15, -0.1) is 11.8 Å². The number of carbonyl (C=O) groups is 1. The molecule has 1 aromatic carbocycles. The Bertz CT molecular complexity index is 863. The van der Waals surface area contributed by atoms with Gasteiger partial charge in [-0.1, -0.05) is 32.9 Å². The zero-order valence-electron chi connectivity index (χ0n) is 15.0. The van der Waals surface area contributed by atoms with Crippen LogP contribution in [-0.4, -0.2) is 21.0 Å². The molecule has 3 nitrogen and oxygen atoms in total. The number of carbonyl (C=O) groups excluding carboxylic acids is 1. The molecule has 2 aromatic heterocycles. The fourth-order valence-electron chi connectivity index (χ4n) is 2.89. The van der Waals surface area contributed by atoms with Gasteiger partial charge < -0.3 is 9.78 Å². The molecule has 0 amide bonds. The van der Waals surface area contributed by atoms with Crippen molar-refractivity contribution in [1.29, 1.82) is 0 Å². The Kier molecular flexibility index (Phi) is 5.28. The second-order valence-electron chi connectivity index (χ2n) is 7.22. The largest absolute Gasteiger partial charge is 0.357 e. The molecule has 2 heterocycles. The van der Waals surface area contributed by atoms with Crippen LogP contribution in [0.3, 0.4) is 0 Å². The first-order valence-corrected chi connectivity index (χ1v) is 9.44. The first-order chi connectivity index (χ1) is 12.0. The predicted molar refractivity (Wildman–Crippen MR) is 105 cm³/mol. The maximum Gasteiger partial charge on any atom is 0.125 e. The van der Waals surface area contributed by atoms with Gasteiger partial charge in [0.25, 0.3) is 0 Å². The Hall–Kier alpha value is -2.07. The fraction of sp³-hybridized carbons (Fsp3) is 0.333. The molecule has 0 atom stereocenters. The van der Waals surface area contributed by atoms with Gasteiger partial charge in [-0.05, 0) is 42.7 Å². The number of rotatable bonds is 6. The fourth-order valence-corrected chi connectivity index (χ4v) is 4.04. The number of hydrogen-bond donors (Lipinski definition) is 1. The summed E-state index contributed by atoms with van der Waals surface area (Å²) in [5, 5.41) is 1.22. The van der Waals surface area contributed by atoms with Gasteiger partial charge in [-0.3, -0.25) is 4.98 Å². The summed E-state index contributed by atoms with van der Waals surface area (Å²) in [4.78, 5) is 20.1. The molecule has 0 spiro atoms. The molecule has 0 saturated heterocycles. The number of aldehydes is 1. The van der Waals surface area contributed by atoms with E-state index < -0.39 is 0 Å². The van der Waals surface area contributed by atoms with Crippen molar-refractivity contribution in [2.24, 2.45) is 0 Å². The molecule has 0 aliphatic rings. The van der Waals surface area contributed by atoms with Crippen LogP contribution < -0.4 is 0 Å². The molecule has 130 valence electrons. The molecule has 25 heavy (non-hydrogen) atoms. The van der Waals surface area contributed by atoms with Gasteiger partial charge in [-0.2, -0.15) is 0 Å². The summed E-state index contributed by atoms with van der Waals surface area (Å²) in [5.41, 5.74) is 4.53. The molecule has 0 radical (unpaired) electrons. The molecule has 1 N–H and O–H groups in total. The Labute approximate surface area is 153 Å². The van der Waals surface area contributed by atoms with Crippen LogP contribution in [0.4, 0.5) is 0 Å². The standard InChI is InChI=1S/C21H24N2OS/c1-21(2,3)25-20-17-14-15(7-9-16-6-4-5-12-22-16)8-10-18(17)23-19(20)11-13-24/h4-6,8,10,12-14,23H,7,9,11H2,1-3H3. The van der Waals surface area contributed by atoms with Crippen LogP contribution in [0.1, 0.15) is 37.7 Å². The summed E-state index contributed by atoms with van der Waals surface area (Å²) < 4.78 is 0.0940. The van der Waals surface area contributed by atoms with E-state index in [0.29, 0.717) is 6.42 Å². The van der Waals surface area contributed by atoms with Crippen molar-refractivity contribution in [2.45, 2.75) is 49.7 Å². The van der Waals surface area contributed by atoms with Crippen LogP contribution in [0.2, 0.25) is 0 Å². The Morgan fingerprint density at radius 1 is 1.16 bits per heavy atom. The van der Waals surface area contributed by atoms with Gasteiger partial charge in [0.05, 0.1) is 0 Å². The van der Waals surface area contributed by atoms with Crippen molar-refractivity contribution < 1.29 is 4.79 Å². The summed E-state index contributed by atoms with van der Waals surface area (Å²) in [6.45, 7) is 6.60. The van der Waals surface area contributed by atoms with Gasteiger partial charge in [0.15, 0.2) is 0 Å². The molecule has 0 saturated carbocycles. The van der Waals surface area contributed by atoms with Crippen LogP contribution >= 0.6 is 11.8 Å². The minimum atomic E-state index is 0.0940. The predicted octanol–water partition coefficient (Wildman–Crippen LogP) is 4.98. The van der Waals surface area contributed by atoms with Crippen LogP contribution in [-0.2, 0) is 24.1 Å². The second kappa shape index (κ2) is 7.44. The minimum Gasteiger partial charge on any atom is -0.357 e. The van der Waals surface area contributed by atoms with Crippen LogP contribution in [0.15, 0.2) is 47.5 Å². The van der Waals surface area contributed by atoms with Crippen molar-refractivity contribution in [1.82, 2.24) is 9.97 Å².